The molecule has 0 fully saturated rings. The lowest BCUT2D eigenvalue weighted by molar-refractivity contribution is -0.385. The van der Waals surface area contributed by atoms with Crippen LogP contribution in [0.25, 0.3) is 0 Å². The molecule has 8 heteroatoms. The second-order valence-electron chi connectivity index (χ2n) is 4.00. The number of hydrogen-bond acceptors (Lipinski definition) is 7. The van der Waals surface area contributed by atoms with Crippen LogP contribution in [0.4, 0.5) is 5.69 Å². The predicted octanol–water partition coefficient (Wildman–Crippen LogP) is 3.33. The molecule has 0 aliphatic heterocycles. The minimum atomic E-state index is -0.609. The summed E-state index contributed by atoms with van der Waals surface area (Å²) in [4.78, 5) is 26.2. The number of hydrogen-bond donors (Lipinski definition) is 0. The number of carbonyl (C=O) groups excluding carboxylic acids is 1. The van der Waals surface area contributed by atoms with Gasteiger partial charge in [-0.1, -0.05) is 11.3 Å². The molecule has 0 amide bonds. The van der Waals surface area contributed by atoms with Crippen LogP contribution >= 0.6 is 11.3 Å². The smallest absolute Gasteiger partial charge is 0.348 e. The Hall–Kier alpha value is -2.48. The number of carbonyl (C=O) groups is 1. The van der Waals surface area contributed by atoms with E-state index < -0.39 is 10.9 Å². The molecule has 7 nitrogen and oxygen atoms in total. The van der Waals surface area contributed by atoms with Crippen molar-refractivity contribution in [1.82, 2.24) is 4.98 Å². The van der Waals surface area contributed by atoms with E-state index in [1.165, 1.54) is 6.20 Å². The molecule has 0 N–H and O–H groups in total. The van der Waals surface area contributed by atoms with E-state index >= 15 is 0 Å². The molecule has 0 saturated heterocycles. The van der Waals surface area contributed by atoms with Crippen LogP contribution in [0.2, 0.25) is 0 Å². The topological polar surface area (TPSA) is 91.6 Å². The second kappa shape index (κ2) is 6.31. The van der Waals surface area contributed by atoms with Crippen molar-refractivity contribution in [3.63, 3.8) is 0 Å². The van der Waals surface area contributed by atoms with Crippen molar-refractivity contribution in [1.29, 1.82) is 0 Å². The average molecular weight is 308 g/mol. The van der Waals surface area contributed by atoms with Gasteiger partial charge in [0.15, 0.2) is 0 Å². The van der Waals surface area contributed by atoms with Crippen molar-refractivity contribution in [2.24, 2.45) is 0 Å². The molecular formula is C13H12N2O5S. The molecule has 0 spiro atoms. The zero-order valence-electron chi connectivity index (χ0n) is 11.4. The molecule has 0 aromatic carbocycles. The van der Waals surface area contributed by atoms with E-state index in [0.717, 1.165) is 23.1 Å². The Labute approximate surface area is 124 Å². The quantitative estimate of drug-likeness (QED) is 0.478. The first-order chi connectivity index (χ1) is 10.0. The molecule has 2 aromatic rings. The van der Waals surface area contributed by atoms with Gasteiger partial charge in [-0.3, -0.25) is 15.1 Å². The van der Waals surface area contributed by atoms with Crippen LogP contribution in [-0.2, 0) is 4.74 Å². The molecule has 0 saturated carbocycles. The van der Waals surface area contributed by atoms with Gasteiger partial charge in [-0.2, -0.15) is 0 Å². The van der Waals surface area contributed by atoms with E-state index in [2.05, 4.69) is 4.98 Å². The van der Waals surface area contributed by atoms with Gasteiger partial charge >= 0.3 is 11.7 Å². The predicted molar refractivity (Wildman–Crippen MR) is 76.0 cm³/mol. The molecule has 0 aliphatic rings. The highest BCUT2D eigenvalue weighted by Crippen LogP contribution is 2.39. The Morgan fingerprint density at radius 2 is 2.24 bits per heavy atom. The summed E-state index contributed by atoms with van der Waals surface area (Å²) in [5.41, 5.74) is 0.527. The Bertz CT molecular complexity index is 666. The lowest BCUT2D eigenvalue weighted by Crippen LogP contribution is -2.01. The van der Waals surface area contributed by atoms with Crippen LogP contribution in [0.3, 0.4) is 0 Å². The van der Waals surface area contributed by atoms with Gasteiger partial charge in [0.2, 0.25) is 0 Å². The van der Waals surface area contributed by atoms with E-state index in [1.807, 2.05) is 6.92 Å². The number of nitro groups is 1. The van der Waals surface area contributed by atoms with Gasteiger partial charge in [-0.25, -0.2) is 4.79 Å². The minimum Gasteiger partial charge on any atom is -0.462 e. The summed E-state index contributed by atoms with van der Waals surface area (Å²) >= 11 is 0.869. The Morgan fingerprint density at radius 1 is 1.48 bits per heavy atom. The van der Waals surface area contributed by atoms with E-state index in [0.29, 0.717) is 5.75 Å². The van der Waals surface area contributed by atoms with E-state index in [-0.39, 0.29) is 22.2 Å². The Balaban J connectivity index is 2.30. The summed E-state index contributed by atoms with van der Waals surface area (Å²) in [6, 6.07) is 4.52. The Kier molecular flexibility index (Phi) is 4.49. The normalized spacial score (nSPS) is 10.2. The molecule has 0 unspecified atom stereocenters. The van der Waals surface area contributed by atoms with Crippen LogP contribution in [-0.4, -0.2) is 22.5 Å². The zero-order valence-corrected chi connectivity index (χ0v) is 12.2. The maximum Gasteiger partial charge on any atom is 0.348 e. The number of pyridine rings is 1. The number of rotatable bonds is 5. The molecular weight excluding hydrogens is 296 g/mol. The second-order valence-corrected chi connectivity index (χ2v) is 5.01. The van der Waals surface area contributed by atoms with Crippen LogP contribution in [0, 0.1) is 17.0 Å². The fraction of sp³-hybridized carbons (Fsp3) is 0.231. The monoisotopic (exact) mass is 308 g/mol. The number of aromatic nitrogens is 1. The molecule has 2 rings (SSSR count). The summed E-state index contributed by atoms with van der Waals surface area (Å²) in [7, 11) is 0. The molecule has 2 aromatic heterocycles. The number of ether oxygens (including phenoxy) is 2. The summed E-state index contributed by atoms with van der Waals surface area (Å²) < 4.78 is 10.3. The van der Waals surface area contributed by atoms with Gasteiger partial charge in [0.05, 0.1) is 17.7 Å². The summed E-state index contributed by atoms with van der Waals surface area (Å²) in [5, 5.41) is 11.0. The Morgan fingerprint density at radius 3 is 2.81 bits per heavy atom. The van der Waals surface area contributed by atoms with Crippen LogP contribution in [0.1, 0.15) is 22.3 Å². The highest BCUT2D eigenvalue weighted by atomic mass is 32.1. The first-order valence-electron chi connectivity index (χ1n) is 6.07. The van der Waals surface area contributed by atoms with Gasteiger partial charge in [-0.05, 0) is 26.0 Å². The number of thiophene rings is 1. The maximum atomic E-state index is 11.6. The fourth-order valence-electron chi connectivity index (χ4n) is 1.49. The third-order valence-corrected chi connectivity index (χ3v) is 3.43. The largest absolute Gasteiger partial charge is 0.462 e. The van der Waals surface area contributed by atoms with Gasteiger partial charge in [0.25, 0.3) is 5.06 Å². The number of aryl methyl sites for hydroxylation is 1. The third-order valence-electron chi connectivity index (χ3n) is 2.45. The van der Waals surface area contributed by atoms with Crippen LogP contribution in [0.15, 0.2) is 24.4 Å². The van der Waals surface area contributed by atoms with Crippen LogP contribution in [0.5, 0.6) is 10.8 Å². The molecule has 21 heavy (non-hydrogen) atoms. The van der Waals surface area contributed by atoms with Gasteiger partial charge < -0.3 is 9.47 Å². The summed E-state index contributed by atoms with van der Waals surface area (Å²) in [5.74, 6) is -0.247. The standard InChI is InChI=1S/C13H12N2O5S/c1-3-19-12(16)11-6-10(15(17)18)13(21-11)20-9-5-4-8(2)14-7-9/h4-7H,3H2,1-2H3. The van der Waals surface area contributed by atoms with Gasteiger partial charge in [-0.15, -0.1) is 0 Å². The number of esters is 1. The van der Waals surface area contributed by atoms with Crippen molar-refractivity contribution in [3.05, 3.63) is 45.1 Å². The lowest BCUT2D eigenvalue weighted by atomic mass is 10.4. The lowest BCUT2D eigenvalue weighted by Gasteiger charge is -2.02. The highest BCUT2D eigenvalue weighted by molar-refractivity contribution is 7.16. The van der Waals surface area contributed by atoms with Crippen molar-refractivity contribution in [2.75, 3.05) is 6.61 Å². The first kappa shape index (κ1) is 14.9. The molecule has 0 bridgehead atoms. The van der Waals surface area contributed by atoms with Crippen molar-refractivity contribution in [3.8, 4) is 10.8 Å². The van der Waals surface area contributed by atoms with E-state index in [9.17, 15) is 14.9 Å². The van der Waals surface area contributed by atoms with Crippen LogP contribution < -0.4 is 4.74 Å². The van der Waals surface area contributed by atoms with Crippen molar-refractivity contribution < 1.29 is 19.2 Å². The SMILES string of the molecule is CCOC(=O)c1cc([N+](=O)[O-])c(Oc2ccc(C)nc2)s1. The van der Waals surface area contributed by atoms with Crippen molar-refractivity contribution in [2.45, 2.75) is 13.8 Å². The molecule has 0 aliphatic carbocycles. The molecule has 0 atom stereocenters. The summed E-state index contributed by atoms with van der Waals surface area (Å²) in [6.45, 7) is 3.67. The minimum absolute atomic E-state index is 0.0220. The zero-order chi connectivity index (χ0) is 15.4. The van der Waals surface area contributed by atoms with E-state index in [1.54, 1.807) is 19.1 Å². The van der Waals surface area contributed by atoms with Crippen molar-refractivity contribution >= 4 is 23.0 Å². The van der Waals surface area contributed by atoms with Gasteiger partial charge in [0, 0.05) is 11.8 Å². The van der Waals surface area contributed by atoms with Gasteiger partial charge in [0.1, 0.15) is 10.6 Å². The fourth-order valence-corrected chi connectivity index (χ4v) is 2.38. The highest BCUT2D eigenvalue weighted by Gasteiger charge is 2.25. The molecule has 110 valence electrons. The third kappa shape index (κ3) is 3.54. The first-order valence-corrected chi connectivity index (χ1v) is 6.88. The molecule has 2 heterocycles. The summed E-state index contributed by atoms with van der Waals surface area (Å²) in [6.07, 6.45) is 1.46. The number of nitrogens with zero attached hydrogens (tertiary/aromatic N) is 2. The molecule has 0 radical (unpaired) electrons. The van der Waals surface area contributed by atoms with E-state index in [4.69, 9.17) is 9.47 Å². The average Bonchev–Trinajstić information content (AvgIpc) is 2.86. The maximum absolute atomic E-state index is 11.6.